The van der Waals surface area contributed by atoms with E-state index in [1.165, 1.54) is 34.6 Å². The Morgan fingerprint density at radius 1 is 1.08 bits per heavy atom. The second-order valence-corrected chi connectivity index (χ2v) is 8.65. The fourth-order valence-corrected chi connectivity index (χ4v) is 4.63. The molecule has 1 aliphatic rings. The number of anilines is 1. The van der Waals surface area contributed by atoms with Gasteiger partial charge in [0.15, 0.2) is 0 Å². The van der Waals surface area contributed by atoms with Crippen LogP contribution >= 0.6 is 23.2 Å². The van der Waals surface area contributed by atoms with Gasteiger partial charge in [-0.15, -0.1) is 0 Å². The molecule has 0 aliphatic carbocycles. The van der Waals surface area contributed by atoms with Crippen molar-refractivity contribution in [1.82, 2.24) is 4.31 Å². The van der Waals surface area contributed by atoms with Crippen LogP contribution in [-0.4, -0.2) is 36.8 Å². The number of hydrogen-bond acceptors (Lipinski definition) is 4. The van der Waals surface area contributed by atoms with Gasteiger partial charge in [0.2, 0.25) is 10.0 Å². The van der Waals surface area contributed by atoms with Crippen LogP contribution in [-0.2, 0) is 10.0 Å². The first-order valence-electron chi connectivity index (χ1n) is 7.88. The van der Waals surface area contributed by atoms with Crippen molar-refractivity contribution in [2.45, 2.75) is 17.7 Å². The molecule has 138 valence electrons. The maximum atomic E-state index is 12.6. The monoisotopic (exact) mass is 414 g/mol. The third-order valence-corrected chi connectivity index (χ3v) is 6.55. The van der Waals surface area contributed by atoms with Gasteiger partial charge in [0, 0.05) is 18.1 Å². The van der Waals surface area contributed by atoms with E-state index in [-0.39, 0.29) is 26.9 Å². The van der Waals surface area contributed by atoms with Crippen LogP contribution in [0.2, 0.25) is 10.0 Å². The van der Waals surface area contributed by atoms with Crippen LogP contribution in [0.4, 0.5) is 5.69 Å². The molecule has 9 heteroatoms. The number of carbonyl (C=O) groups is 1. The maximum Gasteiger partial charge on any atom is 0.257 e. The summed E-state index contributed by atoms with van der Waals surface area (Å²) in [7, 11) is -3.67. The first kappa shape index (κ1) is 19.0. The molecule has 2 aromatic rings. The van der Waals surface area contributed by atoms with E-state index in [4.69, 9.17) is 23.2 Å². The quantitative estimate of drug-likeness (QED) is 0.745. The topological polar surface area (TPSA) is 86.7 Å². The molecule has 2 aromatic carbocycles. The molecule has 1 fully saturated rings. The highest BCUT2D eigenvalue weighted by molar-refractivity contribution is 7.89. The summed E-state index contributed by atoms with van der Waals surface area (Å²) in [5, 5.41) is 13.0. The number of aromatic hydroxyl groups is 1. The Labute approximate surface area is 161 Å². The standard InChI is InChI=1S/C17H16Cl2N2O4S/c18-11-3-5-14(19)13(9-11)17(23)20-15-10-12(4-6-16(15)22)26(24,25)21-7-1-2-8-21/h3-6,9-10,22H,1-2,7-8H2,(H,20,23). The second-order valence-electron chi connectivity index (χ2n) is 5.87. The number of hydrogen-bond donors (Lipinski definition) is 2. The van der Waals surface area contributed by atoms with Gasteiger partial charge in [0.05, 0.1) is 21.2 Å². The van der Waals surface area contributed by atoms with Crippen LogP contribution in [0.5, 0.6) is 5.75 Å². The van der Waals surface area contributed by atoms with Crippen molar-refractivity contribution in [1.29, 1.82) is 0 Å². The molecule has 1 heterocycles. The van der Waals surface area contributed by atoms with Crippen molar-refractivity contribution in [3.05, 3.63) is 52.0 Å². The van der Waals surface area contributed by atoms with Gasteiger partial charge < -0.3 is 10.4 Å². The molecule has 6 nitrogen and oxygen atoms in total. The van der Waals surface area contributed by atoms with Crippen molar-refractivity contribution in [2.75, 3.05) is 18.4 Å². The van der Waals surface area contributed by atoms with E-state index >= 15 is 0 Å². The maximum absolute atomic E-state index is 12.6. The highest BCUT2D eigenvalue weighted by atomic mass is 35.5. The summed E-state index contributed by atoms with van der Waals surface area (Å²) in [6.07, 6.45) is 1.63. The molecule has 0 bridgehead atoms. The Balaban J connectivity index is 1.91. The molecule has 0 radical (unpaired) electrons. The number of phenols is 1. The summed E-state index contributed by atoms with van der Waals surface area (Å²) in [5.41, 5.74) is 0.0951. The Morgan fingerprint density at radius 2 is 1.77 bits per heavy atom. The average Bonchev–Trinajstić information content (AvgIpc) is 3.14. The van der Waals surface area contributed by atoms with Gasteiger partial charge in [-0.05, 0) is 49.2 Å². The number of amides is 1. The van der Waals surface area contributed by atoms with Crippen LogP contribution in [0.1, 0.15) is 23.2 Å². The summed E-state index contributed by atoms with van der Waals surface area (Å²) in [4.78, 5) is 12.4. The third-order valence-electron chi connectivity index (χ3n) is 4.09. The number of nitrogens with one attached hydrogen (secondary N) is 1. The lowest BCUT2D eigenvalue weighted by atomic mass is 10.2. The SMILES string of the molecule is O=C(Nc1cc(S(=O)(=O)N2CCCC2)ccc1O)c1cc(Cl)ccc1Cl. The number of phenolic OH excluding ortho intramolecular Hbond substituents is 1. The second kappa shape index (κ2) is 7.44. The Morgan fingerprint density at radius 3 is 2.46 bits per heavy atom. The summed E-state index contributed by atoms with van der Waals surface area (Å²) in [6, 6.07) is 8.19. The highest BCUT2D eigenvalue weighted by Crippen LogP contribution is 2.30. The van der Waals surface area contributed by atoms with E-state index in [9.17, 15) is 18.3 Å². The third kappa shape index (κ3) is 3.81. The zero-order valence-corrected chi connectivity index (χ0v) is 15.9. The van der Waals surface area contributed by atoms with E-state index in [1.807, 2.05) is 0 Å². The number of sulfonamides is 1. The van der Waals surface area contributed by atoms with Gasteiger partial charge in [-0.2, -0.15) is 4.31 Å². The van der Waals surface area contributed by atoms with Crippen LogP contribution in [0, 0.1) is 0 Å². The average molecular weight is 415 g/mol. The molecule has 0 atom stereocenters. The van der Waals surface area contributed by atoms with E-state index in [2.05, 4.69) is 5.32 Å². The van der Waals surface area contributed by atoms with Crippen molar-refractivity contribution >= 4 is 44.8 Å². The van der Waals surface area contributed by atoms with Crippen molar-refractivity contribution in [3.8, 4) is 5.75 Å². The summed E-state index contributed by atoms with van der Waals surface area (Å²) < 4.78 is 26.7. The van der Waals surface area contributed by atoms with Gasteiger partial charge in [0.25, 0.3) is 5.91 Å². The fraction of sp³-hybridized carbons (Fsp3) is 0.235. The lowest BCUT2D eigenvalue weighted by Gasteiger charge is -2.17. The molecule has 0 aromatic heterocycles. The van der Waals surface area contributed by atoms with E-state index in [0.717, 1.165) is 12.8 Å². The van der Waals surface area contributed by atoms with Crippen molar-refractivity contribution in [2.24, 2.45) is 0 Å². The lowest BCUT2D eigenvalue weighted by molar-refractivity contribution is 0.102. The van der Waals surface area contributed by atoms with Gasteiger partial charge in [-0.3, -0.25) is 4.79 Å². The Kier molecular flexibility index (Phi) is 5.43. The number of rotatable bonds is 4. The Hall–Kier alpha value is -1.80. The first-order valence-corrected chi connectivity index (χ1v) is 10.1. The summed E-state index contributed by atoms with van der Waals surface area (Å²) in [6.45, 7) is 0.923. The summed E-state index contributed by atoms with van der Waals surface area (Å²) >= 11 is 11.9. The zero-order valence-electron chi connectivity index (χ0n) is 13.6. The van der Waals surface area contributed by atoms with Gasteiger partial charge >= 0.3 is 0 Å². The van der Waals surface area contributed by atoms with Crippen LogP contribution < -0.4 is 5.32 Å². The molecule has 1 aliphatic heterocycles. The predicted octanol–water partition coefficient (Wildman–Crippen LogP) is 3.74. The first-order chi connectivity index (χ1) is 12.3. The number of benzene rings is 2. The minimum Gasteiger partial charge on any atom is -0.506 e. The predicted molar refractivity (Wildman–Crippen MR) is 101 cm³/mol. The molecule has 2 N–H and O–H groups in total. The minimum absolute atomic E-state index is 0.00434. The molecule has 26 heavy (non-hydrogen) atoms. The normalized spacial score (nSPS) is 15.2. The van der Waals surface area contributed by atoms with Gasteiger partial charge in [0.1, 0.15) is 5.75 Å². The molecule has 0 spiro atoms. The van der Waals surface area contributed by atoms with Crippen molar-refractivity contribution in [3.63, 3.8) is 0 Å². The fourth-order valence-electron chi connectivity index (χ4n) is 2.71. The van der Waals surface area contributed by atoms with Crippen LogP contribution in [0.25, 0.3) is 0 Å². The highest BCUT2D eigenvalue weighted by Gasteiger charge is 2.28. The smallest absolute Gasteiger partial charge is 0.257 e. The van der Waals surface area contributed by atoms with Crippen molar-refractivity contribution < 1.29 is 18.3 Å². The number of nitrogens with zero attached hydrogens (tertiary/aromatic N) is 1. The van der Waals surface area contributed by atoms with Crippen LogP contribution in [0.3, 0.4) is 0 Å². The molecule has 3 rings (SSSR count). The molecule has 0 unspecified atom stereocenters. The molecule has 1 amide bonds. The van der Waals surface area contributed by atoms with Gasteiger partial charge in [-0.25, -0.2) is 8.42 Å². The van der Waals surface area contributed by atoms with E-state index in [0.29, 0.717) is 18.1 Å². The lowest BCUT2D eigenvalue weighted by Crippen LogP contribution is -2.28. The zero-order chi connectivity index (χ0) is 18.9. The molecular formula is C17H16Cl2N2O4S. The van der Waals surface area contributed by atoms with Crippen LogP contribution in [0.15, 0.2) is 41.3 Å². The number of carbonyl (C=O) groups excluding carboxylic acids is 1. The molecular weight excluding hydrogens is 399 g/mol. The van der Waals surface area contributed by atoms with Gasteiger partial charge in [-0.1, -0.05) is 23.2 Å². The summed E-state index contributed by atoms with van der Waals surface area (Å²) in [5.74, 6) is -0.861. The van der Waals surface area contributed by atoms with E-state index in [1.54, 1.807) is 6.07 Å². The van der Waals surface area contributed by atoms with E-state index < -0.39 is 15.9 Å². The minimum atomic E-state index is -3.67. The largest absolute Gasteiger partial charge is 0.506 e. The molecule has 0 saturated carbocycles. The molecule has 1 saturated heterocycles. The number of halogens is 2. The Bertz CT molecular complexity index is 957.